The molecule has 1 rings (SSSR count). The van der Waals surface area contributed by atoms with E-state index in [0.29, 0.717) is 5.56 Å². The molecular formula is C13H10F6O3. The molecule has 0 aliphatic heterocycles. The largest absolute Gasteiger partial charge is 0.477 e. The molecular weight excluding hydrogens is 318 g/mol. The predicted octanol–water partition coefficient (Wildman–Crippen LogP) is 3.48. The molecule has 0 saturated carbocycles. The molecule has 0 atom stereocenters. The lowest BCUT2D eigenvalue weighted by atomic mass is 9.93. The van der Waals surface area contributed by atoms with E-state index in [0.717, 1.165) is 19.1 Å². The number of halogens is 6. The van der Waals surface area contributed by atoms with Crippen molar-refractivity contribution in [1.29, 1.82) is 0 Å². The summed E-state index contributed by atoms with van der Waals surface area (Å²) in [5, 5.41) is 8.01. The van der Waals surface area contributed by atoms with Crippen molar-refractivity contribution in [1.82, 2.24) is 0 Å². The summed E-state index contributed by atoms with van der Waals surface area (Å²) in [5.41, 5.74) is -0.490. The first-order valence-corrected chi connectivity index (χ1v) is 5.75. The number of carbonyl (C=O) groups is 2. The van der Waals surface area contributed by atoms with Gasteiger partial charge in [0.15, 0.2) is 0 Å². The maximum Gasteiger partial charge on any atom is 0.411 e. The highest BCUT2D eigenvalue weighted by molar-refractivity contribution is 6.03. The van der Waals surface area contributed by atoms with E-state index < -0.39 is 35.1 Å². The molecule has 9 heteroatoms. The van der Waals surface area contributed by atoms with Crippen molar-refractivity contribution < 1.29 is 41.0 Å². The molecule has 0 saturated heterocycles. The monoisotopic (exact) mass is 328 g/mol. The molecule has 0 amide bonds. The van der Waals surface area contributed by atoms with Crippen LogP contribution in [0.25, 0.3) is 0 Å². The van der Waals surface area contributed by atoms with Crippen LogP contribution in [0.5, 0.6) is 0 Å². The summed E-state index contributed by atoms with van der Waals surface area (Å²) in [4.78, 5) is 21.7. The van der Waals surface area contributed by atoms with Gasteiger partial charge in [-0.2, -0.15) is 26.3 Å². The minimum Gasteiger partial charge on any atom is -0.477 e. The fourth-order valence-electron chi connectivity index (χ4n) is 1.71. The molecule has 0 bridgehead atoms. The summed E-state index contributed by atoms with van der Waals surface area (Å²) in [6.07, 6.45) is 0. The summed E-state index contributed by atoms with van der Waals surface area (Å²) in [6.45, 7) is 2.69. The van der Waals surface area contributed by atoms with E-state index in [1.165, 1.54) is 13.0 Å². The van der Waals surface area contributed by atoms with E-state index in [1.807, 2.05) is 0 Å². The number of carbonyl (C=O) groups excluding carboxylic acids is 1. The first kappa shape index (κ1) is 18.0. The minimum atomic E-state index is -6.39. The van der Waals surface area contributed by atoms with Gasteiger partial charge in [0.25, 0.3) is 0 Å². The third kappa shape index (κ3) is 2.55. The Morgan fingerprint density at radius 2 is 1.45 bits per heavy atom. The number of benzene rings is 1. The maximum absolute atomic E-state index is 13.6. The van der Waals surface area contributed by atoms with Crippen LogP contribution < -0.4 is 0 Å². The molecule has 1 N–H and O–H groups in total. The molecule has 22 heavy (non-hydrogen) atoms. The van der Waals surface area contributed by atoms with Gasteiger partial charge in [0.2, 0.25) is 5.78 Å². The third-order valence-corrected chi connectivity index (χ3v) is 2.97. The van der Waals surface area contributed by atoms with Gasteiger partial charge in [0.1, 0.15) is 0 Å². The third-order valence-electron chi connectivity index (χ3n) is 2.97. The summed E-state index contributed by atoms with van der Waals surface area (Å²) in [6, 6.07) is 3.16. The van der Waals surface area contributed by atoms with Crippen molar-refractivity contribution >= 4 is 11.8 Å². The van der Waals surface area contributed by atoms with Gasteiger partial charge in [-0.1, -0.05) is 23.8 Å². The van der Waals surface area contributed by atoms with Crippen LogP contribution in [0.2, 0.25) is 0 Å². The van der Waals surface area contributed by atoms with Crippen molar-refractivity contribution in [3.8, 4) is 0 Å². The number of alkyl halides is 6. The molecule has 3 nitrogen and oxygen atoms in total. The van der Waals surface area contributed by atoms with Crippen LogP contribution in [0.1, 0.15) is 21.5 Å². The van der Waals surface area contributed by atoms with E-state index in [4.69, 9.17) is 5.11 Å². The highest BCUT2D eigenvalue weighted by atomic mass is 19.3. The van der Waals surface area contributed by atoms with Crippen LogP contribution in [0, 0.1) is 13.8 Å². The van der Waals surface area contributed by atoms with Crippen molar-refractivity contribution in [2.45, 2.75) is 31.6 Å². The van der Waals surface area contributed by atoms with Crippen molar-refractivity contribution in [2.75, 3.05) is 0 Å². The van der Waals surface area contributed by atoms with Crippen molar-refractivity contribution in [2.24, 2.45) is 0 Å². The Hall–Kier alpha value is -2.06. The fourth-order valence-corrected chi connectivity index (χ4v) is 1.71. The lowest BCUT2D eigenvalue weighted by molar-refractivity contribution is -0.285. The minimum absolute atomic E-state index is 0.126. The Morgan fingerprint density at radius 3 is 1.86 bits per heavy atom. The molecule has 0 heterocycles. The number of carboxylic acids is 1. The van der Waals surface area contributed by atoms with Crippen LogP contribution in [0.15, 0.2) is 18.2 Å². The fraction of sp³-hybridized carbons (Fsp3) is 0.385. The topological polar surface area (TPSA) is 54.4 Å². The molecule has 122 valence electrons. The summed E-state index contributed by atoms with van der Waals surface area (Å²) in [7, 11) is 0. The molecule has 0 aromatic heterocycles. The normalized spacial score (nSPS) is 13.1. The number of Topliss-reactive ketones (excluding diaryl/α,β-unsaturated/α-hetero) is 1. The number of hydrogen-bond acceptors (Lipinski definition) is 2. The van der Waals surface area contributed by atoms with Crippen LogP contribution in [-0.2, 0) is 4.79 Å². The number of hydrogen-bond donors (Lipinski definition) is 1. The first-order chi connectivity index (χ1) is 9.76. The lowest BCUT2D eigenvalue weighted by Gasteiger charge is -2.29. The Morgan fingerprint density at radius 1 is 0.955 bits per heavy atom. The Bertz CT molecular complexity index is 624. The van der Waals surface area contributed by atoms with E-state index in [2.05, 4.69) is 0 Å². The second-order valence-electron chi connectivity index (χ2n) is 4.68. The zero-order chi connectivity index (χ0) is 17.5. The van der Waals surface area contributed by atoms with Gasteiger partial charge in [0, 0.05) is 5.56 Å². The predicted molar refractivity (Wildman–Crippen MR) is 62.7 cm³/mol. The smallest absolute Gasteiger partial charge is 0.411 e. The molecule has 1 aromatic rings. The molecule has 0 aliphatic rings. The van der Waals surface area contributed by atoms with Gasteiger partial charge in [-0.3, -0.25) is 4.79 Å². The maximum atomic E-state index is 13.6. The van der Waals surface area contributed by atoms with E-state index in [1.54, 1.807) is 0 Å². The number of aliphatic carboxylic acids is 1. The standard InChI is InChI=1S/C13H10F6O3/c1-6-3-4-8(7(2)5-6)9(20)11(14,15)13(18,19)12(16,17)10(21)22/h3-5H,1-2H3,(H,21,22). The molecule has 0 aliphatic carbocycles. The van der Waals surface area contributed by atoms with E-state index in [9.17, 15) is 35.9 Å². The quantitative estimate of drug-likeness (QED) is 0.665. The van der Waals surface area contributed by atoms with Crippen LogP contribution >= 0.6 is 0 Å². The molecule has 0 fully saturated rings. The Kier molecular flexibility index (Phi) is 4.33. The average molecular weight is 328 g/mol. The lowest BCUT2D eigenvalue weighted by Crippen LogP contribution is -2.61. The number of carboxylic acid groups (broad SMARTS) is 1. The SMILES string of the molecule is Cc1ccc(C(=O)C(F)(F)C(F)(F)C(F)(F)C(=O)O)c(C)c1. The second kappa shape index (κ2) is 5.29. The summed E-state index contributed by atoms with van der Waals surface area (Å²) >= 11 is 0. The molecule has 1 aromatic carbocycles. The van der Waals surface area contributed by atoms with Gasteiger partial charge >= 0.3 is 23.7 Å². The van der Waals surface area contributed by atoms with Crippen molar-refractivity contribution in [3.63, 3.8) is 0 Å². The highest BCUT2D eigenvalue weighted by Gasteiger charge is 2.78. The van der Waals surface area contributed by atoms with Crippen molar-refractivity contribution in [3.05, 3.63) is 34.9 Å². The van der Waals surface area contributed by atoms with Gasteiger partial charge in [-0.05, 0) is 19.4 Å². The van der Waals surface area contributed by atoms with Gasteiger partial charge in [-0.15, -0.1) is 0 Å². The summed E-state index contributed by atoms with van der Waals surface area (Å²) in [5.74, 6) is -24.4. The van der Waals surface area contributed by atoms with Crippen LogP contribution in [-0.4, -0.2) is 34.6 Å². The first-order valence-electron chi connectivity index (χ1n) is 5.75. The van der Waals surface area contributed by atoms with Crippen LogP contribution in [0.3, 0.4) is 0 Å². The zero-order valence-corrected chi connectivity index (χ0v) is 11.3. The molecule has 0 spiro atoms. The number of ketones is 1. The molecule has 0 unspecified atom stereocenters. The number of rotatable bonds is 5. The highest BCUT2D eigenvalue weighted by Crippen LogP contribution is 2.47. The van der Waals surface area contributed by atoms with E-state index in [-0.39, 0.29) is 5.56 Å². The number of aryl methyl sites for hydroxylation is 2. The average Bonchev–Trinajstić information content (AvgIpc) is 2.37. The Labute approximate surface area is 120 Å². The van der Waals surface area contributed by atoms with Gasteiger partial charge in [0.05, 0.1) is 0 Å². The molecule has 0 radical (unpaired) electrons. The second-order valence-corrected chi connectivity index (χ2v) is 4.68. The van der Waals surface area contributed by atoms with Gasteiger partial charge in [-0.25, -0.2) is 4.79 Å². The van der Waals surface area contributed by atoms with Gasteiger partial charge < -0.3 is 5.11 Å². The Balaban J connectivity index is 3.39. The summed E-state index contributed by atoms with van der Waals surface area (Å²) < 4.78 is 79.5. The van der Waals surface area contributed by atoms with E-state index >= 15 is 0 Å². The zero-order valence-electron chi connectivity index (χ0n) is 11.3. The van der Waals surface area contributed by atoms with Crippen LogP contribution in [0.4, 0.5) is 26.3 Å².